The Morgan fingerprint density at radius 1 is 1.17 bits per heavy atom. The van der Waals surface area contributed by atoms with Crippen LogP contribution in [-0.2, 0) is 0 Å². The van der Waals surface area contributed by atoms with E-state index in [0.29, 0.717) is 11.2 Å². The molecule has 0 aliphatic carbocycles. The zero-order valence-electron chi connectivity index (χ0n) is 9.74. The van der Waals surface area contributed by atoms with Gasteiger partial charge in [-0.05, 0) is 12.1 Å². The largest absolute Gasteiger partial charge is 0.291 e. The van der Waals surface area contributed by atoms with Crippen molar-refractivity contribution in [3.63, 3.8) is 0 Å². The Balaban J connectivity index is 2.24. The van der Waals surface area contributed by atoms with Crippen molar-refractivity contribution in [2.24, 2.45) is 0 Å². The molecular weight excluding hydrogens is 228 g/mol. The molecule has 0 atom stereocenters. The third kappa shape index (κ3) is 1.66. The van der Waals surface area contributed by atoms with Crippen molar-refractivity contribution in [2.75, 3.05) is 0 Å². The standard InChI is InChI=1S/C13H10N4O/c1-9(18)12-14-7-11-13(16-12)17(8-15-11)10-5-3-2-4-6-10/h2-8H,1H3. The molecule has 0 N–H and O–H groups in total. The van der Waals surface area contributed by atoms with Crippen LogP contribution in [0.1, 0.15) is 17.5 Å². The molecule has 0 fully saturated rings. The van der Waals surface area contributed by atoms with Gasteiger partial charge in [0.05, 0.1) is 6.20 Å². The fourth-order valence-electron chi connectivity index (χ4n) is 1.76. The van der Waals surface area contributed by atoms with Gasteiger partial charge in [-0.15, -0.1) is 0 Å². The predicted molar refractivity (Wildman–Crippen MR) is 66.7 cm³/mol. The second kappa shape index (κ2) is 4.03. The Bertz CT molecular complexity index is 718. The number of hydrogen-bond acceptors (Lipinski definition) is 4. The third-order valence-electron chi connectivity index (χ3n) is 2.64. The number of carbonyl (C=O) groups excluding carboxylic acids is 1. The average molecular weight is 238 g/mol. The normalized spacial score (nSPS) is 10.7. The lowest BCUT2D eigenvalue weighted by Crippen LogP contribution is -2.02. The van der Waals surface area contributed by atoms with Gasteiger partial charge in [0.15, 0.2) is 17.3 Å². The van der Waals surface area contributed by atoms with Crippen LogP contribution in [0.4, 0.5) is 0 Å². The van der Waals surface area contributed by atoms with E-state index in [1.807, 2.05) is 34.9 Å². The SMILES string of the molecule is CC(=O)c1ncc2ncn(-c3ccccc3)c2n1. The fourth-order valence-corrected chi connectivity index (χ4v) is 1.76. The highest BCUT2D eigenvalue weighted by atomic mass is 16.1. The maximum Gasteiger partial charge on any atom is 0.197 e. The van der Waals surface area contributed by atoms with E-state index in [1.54, 1.807) is 12.5 Å². The van der Waals surface area contributed by atoms with Crippen LogP contribution in [0.2, 0.25) is 0 Å². The summed E-state index contributed by atoms with van der Waals surface area (Å²) in [6.07, 6.45) is 3.25. The summed E-state index contributed by atoms with van der Waals surface area (Å²) < 4.78 is 1.84. The lowest BCUT2D eigenvalue weighted by molar-refractivity contribution is 0.100. The minimum absolute atomic E-state index is 0.155. The average Bonchev–Trinajstić information content (AvgIpc) is 2.82. The van der Waals surface area contributed by atoms with Crippen LogP contribution in [0.5, 0.6) is 0 Å². The van der Waals surface area contributed by atoms with Gasteiger partial charge in [0.25, 0.3) is 0 Å². The van der Waals surface area contributed by atoms with Crippen molar-refractivity contribution in [3.05, 3.63) is 48.7 Å². The molecule has 1 aromatic carbocycles. The topological polar surface area (TPSA) is 60.7 Å². The van der Waals surface area contributed by atoms with Gasteiger partial charge in [-0.2, -0.15) is 0 Å². The van der Waals surface area contributed by atoms with Gasteiger partial charge in [-0.3, -0.25) is 9.36 Å². The lowest BCUT2D eigenvalue weighted by atomic mass is 10.3. The molecule has 0 saturated heterocycles. The number of imidazole rings is 1. The Labute approximate surface area is 103 Å². The molecule has 0 amide bonds. The van der Waals surface area contributed by atoms with Crippen LogP contribution in [0.25, 0.3) is 16.9 Å². The van der Waals surface area contributed by atoms with Crippen molar-refractivity contribution < 1.29 is 4.79 Å². The smallest absolute Gasteiger partial charge is 0.197 e. The monoisotopic (exact) mass is 238 g/mol. The summed E-state index contributed by atoms with van der Waals surface area (Å²) in [7, 11) is 0. The van der Waals surface area contributed by atoms with Crippen molar-refractivity contribution >= 4 is 16.9 Å². The van der Waals surface area contributed by atoms with Crippen LogP contribution in [0.3, 0.4) is 0 Å². The van der Waals surface area contributed by atoms with Gasteiger partial charge in [0.2, 0.25) is 0 Å². The van der Waals surface area contributed by atoms with E-state index in [-0.39, 0.29) is 11.6 Å². The number of hydrogen-bond donors (Lipinski definition) is 0. The first-order chi connectivity index (χ1) is 8.75. The molecule has 2 aromatic heterocycles. The minimum atomic E-state index is -0.155. The number of rotatable bonds is 2. The van der Waals surface area contributed by atoms with Gasteiger partial charge in [0.1, 0.15) is 11.8 Å². The van der Waals surface area contributed by atoms with Gasteiger partial charge in [-0.25, -0.2) is 15.0 Å². The van der Waals surface area contributed by atoms with E-state index in [0.717, 1.165) is 5.69 Å². The Kier molecular flexibility index (Phi) is 2.37. The number of carbonyl (C=O) groups is 1. The highest BCUT2D eigenvalue weighted by Crippen LogP contribution is 2.15. The van der Waals surface area contributed by atoms with Crippen LogP contribution < -0.4 is 0 Å². The van der Waals surface area contributed by atoms with E-state index in [1.165, 1.54) is 6.92 Å². The summed E-state index contributed by atoms with van der Waals surface area (Å²) in [5, 5.41) is 0. The van der Waals surface area contributed by atoms with E-state index in [4.69, 9.17) is 0 Å². The molecule has 0 radical (unpaired) electrons. The maximum atomic E-state index is 11.3. The van der Waals surface area contributed by atoms with E-state index >= 15 is 0 Å². The Morgan fingerprint density at radius 2 is 1.94 bits per heavy atom. The number of ketones is 1. The van der Waals surface area contributed by atoms with Crippen LogP contribution in [0, 0.1) is 0 Å². The van der Waals surface area contributed by atoms with Crippen molar-refractivity contribution in [1.29, 1.82) is 0 Å². The van der Waals surface area contributed by atoms with Gasteiger partial charge in [0, 0.05) is 12.6 Å². The molecule has 88 valence electrons. The predicted octanol–water partition coefficient (Wildman–Crippen LogP) is 2.02. The second-order valence-electron chi connectivity index (χ2n) is 3.91. The first kappa shape index (κ1) is 10.6. The lowest BCUT2D eigenvalue weighted by Gasteiger charge is -2.03. The molecule has 0 bridgehead atoms. The van der Waals surface area contributed by atoms with Crippen LogP contribution >= 0.6 is 0 Å². The first-order valence-electron chi connectivity index (χ1n) is 5.52. The van der Waals surface area contributed by atoms with E-state index in [2.05, 4.69) is 15.0 Å². The van der Waals surface area contributed by atoms with E-state index < -0.39 is 0 Å². The molecule has 0 spiro atoms. The zero-order valence-corrected chi connectivity index (χ0v) is 9.74. The fraction of sp³-hybridized carbons (Fsp3) is 0.0769. The molecule has 5 heteroatoms. The summed E-state index contributed by atoms with van der Waals surface area (Å²) in [5.41, 5.74) is 2.26. The molecular formula is C13H10N4O. The van der Waals surface area contributed by atoms with Crippen LogP contribution in [-0.4, -0.2) is 25.3 Å². The van der Waals surface area contributed by atoms with Crippen molar-refractivity contribution in [3.8, 4) is 5.69 Å². The molecule has 3 aromatic rings. The molecule has 0 saturated carbocycles. The Morgan fingerprint density at radius 3 is 2.67 bits per heavy atom. The molecule has 0 unspecified atom stereocenters. The minimum Gasteiger partial charge on any atom is -0.291 e. The highest BCUT2D eigenvalue weighted by Gasteiger charge is 2.10. The Hall–Kier alpha value is -2.56. The second-order valence-corrected chi connectivity index (χ2v) is 3.91. The first-order valence-corrected chi connectivity index (χ1v) is 5.52. The van der Waals surface area contributed by atoms with Crippen molar-refractivity contribution in [2.45, 2.75) is 6.92 Å². The quantitative estimate of drug-likeness (QED) is 0.641. The number of aromatic nitrogens is 4. The molecule has 2 heterocycles. The number of para-hydroxylation sites is 1. The zero-order chi connectivity index (χ0) is 12.5. The summed E-state index contributed by atoms with van der Waals surface area (Å²) in [6.45, 7) is 1.45. The number of Topliss-reactive ketones (excluding diaryl/α,β-unsaturated/α-hetero) is 1. The summed E-state index contributed by atoms with van der Waals surface area (Å²) in [4.78, 5) is 23.8. The summed E-state index contributed by atoms with van der Waals surface area (Å²) >= 11 is 0. The summed E-state index contributed by atoms with van der Waals surface area (Å²) in [6, 6.07) is 9.73. The van der Waals surface area contributed by atoms with Gasteiger partial charge in [-0.1, -0.05) is 18.2 Å². The summed E-state index contributed by atoms with van der Waals surface area (Å²) in [5.74, 6) is 0.0536. The highest BCUT2D eigenvalue weighted by molar-refractivity contribution is 5.91. The molecule has 3 rings (SSSR count). The van der Waals surface area contributed by atoms with E-state index in [9.17, 15) is 4.79 Å². The van der Waals surface area contributed by atoms with Gasteiger partial charge >= 0.3 is 0 Å². The number of fused-ring (bicyclic) bond motifs is 1. The van der Waals surface area contributed by atoms with Crippen molar-refractivity contribution in [1.82, 2.24) is 19.5 Å². The molecule has 0 aliphatic rings. The molecule has 0 aliphatic heterocycles. The van der Waals surface area contributed by atoms with Gasteiger partial charge < -0.3 is 0 Å². The third-order valence-corrected chi connectivity index (χ3v) is 2.64. The molecule has 18 heavy (non-hydrogen) atoms. The number of nitrogens with zero attached hydrogens (tertiary/aromatic N) is 4. The number of benzene rings is 1. The molecule has 5 nitrogen and oxygen atoms in total. The van der Waals surface area contributed by atoms with Crippen LogP contribution in [0.15, 0.2) is 42.9 Å². The maximum absolute atomic E-state index is 11.3.